The van der Waals surface area contributed by atoms with E-state index < -0.39 is 0 Å². The number of carbonyl (C=O) groups excluding carboxylic acids is 2. The number of benzene rings is 1. The molecule has 2 saturated heterocycles. The fourth-order valence-corrected chi connectivity index (χ4v) is 4.47. The third-order valence-electron chi connectivity index (χ3n) is 6.23. The Hall–Kier alpha value is -2.70. The summed E-state index contributed by atoms with van der Waals surface area (Å²) in [6.07, 6.45) is 7.07. The number of hydrogen-bond acceptors (Lipinski definition) is 5. The van der Waals surface area contributed by atoms with Gasteiger partial charge in [-0.15, -0.1) is 0 Å². The summed E-state index contributed by atoms with van der Waals surface area (Å²) in [6.45, 7) is 5.17. The van der Waals surface area contributed by atoms with Crippen molar-refractivity contribution >= 4 is 17.9 Å². The monoisotopic (exact) mass is 430 g/mol. The minimum absolute atomic E-state index is 0.0356. The van der Waals surface area contributed by atoms with E-state index in [1.54, 1.807) is 45.6 Å². The van der Waals surface area contributed by atoms with Crippen molar-refractivity contribution in [3.05, 3.63) is 23.8 Å². The van der Waals surface area contributed by atoms with Crippen molar-refractivity contribution in [1.82, 2.24) is 9.80 Å². The average Bonchev–Trinajstić information content (AvgIpc) is 2.81. The van der Waals surface area contributed by atoms with E-state index in [-0.39, 0.29) is 17.7 Å². The van der Waals surface area contributed by atoms with Crippen molar-refractivity contribution in [2.45, 2.75) is 32.6 Å². The number of piperidine rings is 2. The Morgan fingerprint density at radius 1 is 0.935 bits per heavy atom. The van der Waals surface area contributed by atoms with Crippen LogP contribution in [0.15, 0.2) is 18.2 Å². The van der Waals surface area contributed by atoms with E-state index in [4.69, 9.17) is 14.2 Å². The fourth-order valence-electron chi connectivity index (χ4n) is 4.47. The SMILES string of the molecule is COc1cc(/C=C/C(=O)N2CCC(C(=O)N3CCCC(C)C3)CC2)cc(OC)c1OC. The summed E-state index contributed by atoms with van der Waals surface area (Å²) in [5.74, 6) is 2.44. The van der Waals surface area contributed by atoms with Gasteiger partial charge in [0.2, 0.25) is 17.6 Å². The van der Waals surface area contributed by atoms with E-state index in [1.807, 2.05) is 9.80 Å². The molecule has 0 aromatic heterocycles. The third kappa shape index (κ3) is 5.51. The summed E-state index contributed by atoms with van der Waals surface area (Å²) in [6, 6.07) is 3.60. The molecule has 3 rings (SSSR count). The zero-order chi connectivity index (χ0) is 22.4. The van der Waals surface area contributed by atoms with Crippen LogP contribution in [0.25, 0.3) is 6.08 Å². The highest BCUT2D eigenvalue weighted by Gasteiger charge is 2.31. The molecule has 2 fully saturated rings. The van der Waals surface area contributed by atoms with Crippen LogP contribution in [0.1, 0.15) is 38.2 Å². The maximum Gasteiger partial charge on any atom is 0.246 e. The maximum atomic E-state index is 12.8. The van der Waals surface area contributed by atoms with Crippen LogP contribution < -0.4 is 14.2 Å². The Labute approximate surface area is 184 Å². The molecule has 1 atom stereocenters. The van der Waals surface area contributed by atoms with Crippen molar-refractivity contribution in [3.8, 4) is 17.2 Å². The lowest BCUT2D eigenvalue weighted by Crippen LogP contribution is -2.46. The van der Waals surface area contributed by atoms with E-state index in [9.17, 15) is 9.59 Å². The Morgan fingerprint density at radius 2 is 1.58 bits per heavy atom. The van der Waals surface area contributed by atoms with Crippen molar-refractivity contribution < 1.29 is 23.8 Å². The zero-order valence-electron chi connectivity index (χ0n) is 19.1. The first-order chi connectivity index (χ1) is 15.0. The summed E-state index contributed by atoms with van der Waals surface area (Å²) in [5.41, 5.74) is 0.784. The van der Waals surface area contributed by atoms with Gasteiger partial charge in [0.15, 0.2) is 11.5 Å². The number of carbonyl (C=O) groups is 2. The topological polar surface area (TPSA) is 68.3 Å². The molecular formula is C24H34N2O5. The van der Waals surface area contributed by atoms with Gasteiger partial charge in [0.25, 0.3) is 0 Å². The molecule has 0 saturated carbocycles. The fraction of sp³-hybridized carbons (Fsp3) is 0.583. The quantitative estimate of drug-likeness (QED) is 0.648. The third-order valence-corrected chi connectivity index (χ3v) is 6.23. The van der Waals surface area contributed by atoms with E-state index in [2.05, 4.69) is 6.92 Å². The first-order valence-electron chi connectivity index (χ1n) is 11.0. The van der Waals surface area contributed by atoms with Crippen LogP contribution in [0.2, 0.25) is 0 Å². The molecule has 0 N–H and O–H groups in total. The lowest BCUT2D eigenvalue weighted by molar-refractivity contribution is -0.140. The molecular weight excluding hydrogens is 396 g/mol. The van der Waals surface area contributed by atoms with Crippen LogP contribution in [0, 0.1) is 11.8 Å². The molecule has 2 aliphatic heterocycles. The molecule has 1 aromatic rings. The highest BCUT2D eigenvalue weighted by molar-refractivity contribution is 5.92. The second-order valence-electron chi connectivity index (χ2n) is 8.42. The van der Waals surface area contributed by atoms with Crippen LogP contribution in [0.3, 0.4) is 0 Å². The molecule has 170 valence electrons. The standard InChI is InChI=1S/C24H34N2O5/c1-17-6-5-11-26(16-17)24(28)19-9-12-25(13-10-19)22(27)8-7-18-14-20(29-2)23(31-4)21(15-18)30-3/h7-8,14-15,17,19H,5-6,9-13,16H2,1-4H3/b8-7+. The second kappa shape index (κ2) is 10.6. The van der Waals surface area contributed by atoms with E-state index in [0.717, 1.165) is 37.9 Å². The highest BCUT2D eigenvalue weighted by Crippen LogP contribution is 2.38. The number of ether oxygens (including phenoxy) is 3. The van der Waals surface area contributed by atoms with Crippen molar-refractivity contribution in [1.29, 1.82) is 0 Å². The van der Waals surface area contributed by atoms with Crippen LogP contribution in [-0.2, 0) is 9.59 Å². The van der Waals surface area contributed by atoms with Crippen LogP contribution in [0.4, 0.5) is 0 Å². The van der Waals surface area contributed by atoms with Crippen molar-refractivity contribution in [3.63, 3.8) is 0 Å². The summed E-state index contributed by atoms with van der Waals surface area (Å²) in [5, 5.41) is 0. The van der Waals surface area contributed by atoms with Gasteiger partial charge in [-0.05, 0) is 55.4 Å². The molecule has 1 unspecified atom stereocenters. The molecule has 2 heterocycles. The van der Waals surface area contributed by atoms with E-state index in [1.165, 1.54) is 6.42 Å². The molecule has 0 radical (unpaired) electrons. The maximum absolute atomic E-state index is 12.8. The number of nitrogens with zero attached hydrogens (tertiary/aromatic N) is 2. The predicted molar refractivity (Wildman–Crippen MR) is 119 cm³/mol. The Morgan fingerprint density at radius 3 is 2.13 bits per heavy atom. The molecule has 31 heavy (non-hydrogen) atoms. The minimum Gasteiger partial charge on any atom is -0.493 e. The normalized spacial score (nSPS) is 20.1. The molecule has 2 amide bonds. The predicted octanol–water partition coefficient (Wildman–Crippen LogP) is 3.22. The van der Waals surface area contributed by atoms with Crippen LogP contribution in [-0.4, -0.2) is 69.1 Å². The van der Waals surface area contributed by atoms with Gasteiger partial charge in [-0.3, -0.25) is 9.59 Å². The summed E-state index contributed by atoms with van der Waals surface area (Å²) in [4.78, 5) is 29.4. The first-order valence-corrected chi connectivity index (χ1v) is 11.0. The smallest absolute Gasteiger partial charge is 0.246 e. The number of rotatable bonds is 6. The summed E-state index contributed by atoms with van der Waals surface area (Å²) < 4.78 is 16.1. The molecule has 2 aliphatic rings. The van der Waals surface area contributed by atoms with Gasteiger partial charge in [-0.2, -0.15) is 0 Å². The molecule has 7 nitrogen and oxygen atoms in total. The van der Waals surface area contributed by atoms with Gasteiger partial charge in [0.1, 0.15) is 0 Å². The lowest BCUT2D eigenvalue weighted by Gasteiger charge is -2.37. The largest absolute Gasteiger partial charge is 0.493 e. The second-order valence-corrected chi connectivity index (χ2v) is 8.42. The van der Waals surface area contributed by atoms with E-state index in [0.29, 0.717) is 36.3 Å². The van der Waals surface area contributed by atoms with Crippen molar-refractivity contribution in [2.24, 2.45) is 11.8 Å². The number of amides is 2. The highest BCUT2D eigenvalue weighted by atomic mass is 16.5. The molecule has 1 aromatic carbocycles. The van der Waals surface area contributed by atoms with Gasteiger partial charge in [-0.1, -0.05) is 6.92 Å². The molecule has 7 heteroatoms. The molecule has 0 bridgehead atoms. The van der Waals surface area contributed by atoms with Gasteiger partial charge in [-0.25, -0.2) is 0 Å². The van der Waals surface area contributed by atoms with Crippen LogP contribution in [0.5, 0.6) is 17.2 Å². The van der Waals surface area contributed by atoms with E-state index >= 15 is 0 Å². The summed E-state index contributed by atoms with van der Waals surface area (Å²) in [7, 11) is 4.68. The zero-order valence-corrected chi connectivity index (χ0v) is 19.1. The van der Waals surface area contributed by atoms with Crippen LogP contribution >= 0.6 is 0 Å². The lowest BCUT2D eigenvalue weighted by atomic mass is 9.92. The molecule has 0 aliphatic carbocycles. The number of likely N-dealkylation sites (tertiary alicyclic amines) is 2. The van der Waals surface area contributed by atoms with Gasteiger partial charge in [0.05, 0.1) is 21.3 Å². The molecule has 0 spiro atoms. The van der Waals surface area contributed by atoms with Gasteiger partial charge in [0, 0.05) is 38.2 Å². The number of hydrogen-bond donors (Lipinski definition) is 0. The Balaban J connectivity index is 1.57. The number of methoxy groups -OCH3 is 3. The first kappa shape index (κ1) is 23.0. The van der Waals surface area contributed by atoms with Crippen molar-refractivity contribution in [2.75, 3.05) is 47.5 Å². The average molecular weight is 431 g/mol. The Kier molecular flexibility index (Phi) is 7.82. The summed E-state index contributed by atoms with van der Waals surface area (Å²) >= 11 is 0. The minimum atomic E-state index is -0.0498. The Bertz CT molecular complexity index is 789. The van der Waals surface area contributed by atoms with Gasteiger partial charge >= 0.3 is 0 Å². The van der Waals surface area contributed by atoms with Gasteiger partial charge < -0.3 is 24.0 Å².